The number of hydrogen-bond acceptors (Lipinski definition) is 3. The van der Waals surface area contributed by atoms with Gasteiger partial charge >= 0.3 is 5.97 Å². The van der Waals surface area contributed by atoms with Crippen LogP contribution in [0.3, 0.4) is 0 Å². The molecule has 1 rings (SSSR count). The first-order valence-corrected chi connectivity index (χ1v) is 5.63. The molecule has 0 saturated heterocycles. The summed E-state index contributed by atoms with van der Waals surface area (Å²) in [5.41, 5.74) is 0. The molecular formula is C12H19NO2. The Morgan fingerprint density at radius 2 is 2.00 bits per heavy atom. The summed E-state index contributed by atoms with van der Waals surface area (Å²) < 4.78 is 4.42. The summed E-state index contributed by atoms with van der Waals surface area (Å²) in [5.74, 6) is 4.72. The van der Waals surface area contributed by atoms with Gasteiger partial charge in [0.2, 0.25) is 0 Å². The summed E-state index contributed by atoms with van der Waals surface area (Å²) in [5, 5.41) is 3.36. The summed E-state index contributed by atoms with van der Waals surface area (Å²) >= 11 is 0. The van der Waals surface area contributed by atoms with Crippen LogP contribution in [0.5, 0.6) is 0 Å². The minimum absolute atomic E-state index is 0.460. The molecule has 0 aromatic carbocycles. The second-order valence-corrected chi connectivity index (χ2v) is 3.86. The molecule has 1 saturated carbocycles. The van der Waals surface area contributed by atoms with Gasteiger partial charge in [0.15, 0.2) is 0 Å². The molecule has 0 atom stereocenters. The third kappa shape index (κ3) is 5.44. The zero-order valence-corrected chi connectivity index (χ0v) is 9.34. The van der Waals surface area contributed by atoms with Crippen molar-refractivity contribution in [2.45, 2.75) is 44.6 Å². The Bertz CT molecular complexity index is 244. The molecule has 3 nitrogen and oxygen atoms in total. The molecule has 0 amide bonds. The van der Waals surface area contributed by atoms with Gasteiger partial charge in [-0.3, -0.25) is 0 Å². The molecule has 1 N–H and O–H groups in total. The van der Waals surface area contributed by atoms with Gasteiger partial charge in [0, 0.05) is 12.0 Å². The maximum absolute atomic E-state index is 10.7. The number of methoxy groups -OCH3 is 1. The third-order valence-electron chi connectivity index (χ3n) is 2.71. The van der Waals surface area contributed by atoms with Gasteiger partial charge in [-0.25, -0.2) is 4.79 Å². The number of carbonyl (C=O) groups is 1. The Kier molecular flexibility index (Phi) is 5.87. The van der Waals surface area contributed by atoms with Crippen LogP contribution >= 0.6 is 0 Å². The molecule has 3 heteroatoms. The van der Waals surface area contributed by atoms with Crippen molar-refractivity contribution in [3.8, 4) is 11.8 Å². The van der Waals surface area contributed by atoms with Crippen molar-refractivity contribution in [3.63, 3.8) is 0 Å². The van der Waals surface area contributed by atoms with E-state index in [-0.39, 0.29) is 0 Å². The van der Waals surface area contributed by atoms with Gasteiger partial charge in [-0.2, -0.15) is 0 Å². The van der Waals surface area contributed by atoms with E-state index >= 15 is 0 Å². The van der Waals surface area contributed by atoms with Gasteiger partial charge in [-0.05, 0) is 12.8 Å². The summed E-state index contributed by atoms with van der Waals surface area (Å²) in [4.78, 5) is 10.7. The molecule has 0 heterocycles. The molecule has 1 fully saturated rings. The lowest BCUT2D eigenvalue weighted by Crippen LogP contribution is -2.28. The van der Waals surface area contributed by atoms with E-state index in [4.69, 9.17) is 0 Å². The van der Waals surface area contributed by atoms with E-state index in [2.05, 4.69) is 21.9 Å². The number of nitrogens with one attached hydrogen (secondary N) is 1. The fourth-order valence-corrected chi connectivity index (χ4v) is 1.85. The van der Waals surface area contributed by atoms with Gasteiger partial charge < -0.3 is 10.1 Å². The smallest absolute Gasteiger partial charge is 0.384 e. The highest BCUT2D eigenvalue weighted by Crippen LogP contribution is 2.16. The lowest BCUT2D eigenvalue weighted by molar-refractivity contribution is -0.133. The van der Waals surface area contributed by atoms with E-state index in [1.165, 1.54) is 45.6 Å². The average molecular weight is 209 g/mol. The molecule has 0 radical (unpaired) electrons. The number of ether oxygens (including phenoxy) is 1. The number of esters is 1. The zero-order chi connectivity index (χ0) is 10.9. The molecule has 1 aliphatic carbocycles. The first-order valence-electron chi connectivity index (χ1n) is 5.63. The van der Waals surface area contributed by atoms with Crippen LogP contribution < -0.4 is 5.32 Å². The Balaban J connectivity index is 2.17. The highest BCUT2D eigenvalue weighted by Gasteiger charge is 2.09. The minimum Gasteiger partial charge on any atom is -0.459 e. The molecule has 0 aliphatic heterocycles. The van der Waals surface area contributed by atoms with Crippen LogP contribution in [-0.4, -0.2) is 25.7 Å². The second kappa shape index (κ2) is 7.30. The number of carbonyl (C=O) groups excluding carboxylic acids is 1. The molecular weight excluding hydrogens is 190 g/mol. The van der Waals surface area contributed by atoms with Gasteiger partial charge in [0.05, 0.1) is 13.7 Å². The Hall–Kier alpha value is -1.01. The van der Waals surface area contributed by atoms with Crippen molar-refractivity contribution < 1.29 is 9.53 Å². The van der Waals surface area contributed by atoms with Crippen LogP contribution in [0.2, 0.25) is 0 Å². The van der Waals surface area contributed by atoms with Crippen LogP contribution in [0.4, 0.5) is 0 Å². The van der Waals surface area contributed by atoms with Gasteiger partial charge in [-0.15, -0.1) is 0 Å². The Morgan fingerprint density at radius 3 is 2.60 bits per heavy atom. The highest BCUT2D eigenvalue weighted by atomic mass is 16.5. The fourth-order valence-electron chi connectivity index (χ4n) is 1.85. The lowest BCUT2D eigenvalue weighted by Gasteiger charge is -2.13. The minimum atomic E-state index is -0.460. The molecule has 0 aromatic heterocycles. The van der Waals surface area contributed by atoms with E-state index in [9.17, 15) is 4.79 Å². The molecule has 0 bridgehead atoms. The predicted octanol–water partition coefficient (Wildman–Crippen LogP) is 1.48. The first kappa shape index (κ1) is 12.1. The molecule has 0 unspecified atom stereocenters. The van der Waals surface area contributed by atoms with Crippen molar-refractivity contribution in [1.82, 2.24) is 5.32 Å². The molecule has 0 aromatic rings. The van der Waals surface area contributed by atoms with Crippen molar-refractivity contribution in [2.75, 3.05) is 13.7 Å². The standard InChI is InChI=1S/C12H19NO2/c1-15-12(14)9-6-10-13-11-7-4-2-3-5-8-11/h11,13H,2-5,7-8,10H2,1H3. The predicted molar refractivity (Wildman–Crippen MR) is 59.3 cm³/mol. The number of hydrogen-bond donors (Lipinski definition) is 1. The van der Waals surface area contributed by atoms with E-state index in [0.29, 0.717) is 12.6 Å². The summed E-state index contributed by atoms with van der Waals surface area (Å²) in [6.07, 6.45) is 7.79. The van der Waals surface area contributed by atoms with Crippen LogP contribution in [0.15, 0.2) is 0 Å². The first-order chi connectivity index (χ1) is 7.33. The van der Waals surface area contributed by atoms with Crippen molar-refractivity contribution in [1.29, 1.82) is 0 Å². The fraction of sp³-hybridized carbons (Fsp3) is 0.750. The summed E-state index contributed by atoms with van der Waals surface area (Å²) in [7, 11) is 1.34. The average Bonchev–Trinajstić information content (AvgIpc) is 2.52. The maximum atomic E-state index is 10.7. The van der Waals surface area contributed by atoms with E-state index in [1.54, 1.807) is 0 Å². The van der Waals surface area contributed by atoms with Crippen molar-refractivity contribution >= 4 is 5.97 Å². The van der Waals surface area contributed by atoms with Crippen LogP contribution in [-0.2, 0) is 9.53 Å². The molecule has 1 aliphatic rings. The normalized spacial score (nSPS) is 17.4. The van der Waals surface area contributed by atoms with Crippen molar-refractivity contribution in [3.05, 3.63) is 0 Å². The van der Waals surface area contributed by atoms with Crippen LogP contribution in [0.25, 0.3) is 0 Å². The van der Waals surface area contributed by atoms with Crippen molar-refractivity contribution in [2.24, 2.45) is 0 Å². The molecule has 0 spiro atoms. The Morgan fingerprint density at radius 1 is 1.33 bits per heavy atom. The maximum Gasteiger partial charge on any atom is 0.384 e. The highest BCUT2D eigenvalue weighted by molar-refractivity contribution is 5.88. The lowest BCUT2D eigenvalue weighted by atomic mass is 10.1. The van der Waals surface area contributed by atoms with E-state index < -0.39 is 5.97 Å². The van der Waals surface area contributed by atoms with Gasteiger partial charge in [-0.1, -0.05) is 31.6 Å². The van der Waals surface area contributed by atoms with Gasteiger partial charge in [0.1, 0.15) is 0 Å². The van der Waals surface area contributed by atoms with Crippen LogP contribution in [0, 0.1) is 11.8 Å². The third-order valence-corrected chi connectivity index (χ3v) is 2.71. The SMILES string of the molecule is COC(=O)C#CCNC1CCCCCC1. The zero-order valence-electron chi connectivity index (χ0n) is 9.34. The largest absolute Gasteiger partial charge is 0.459 e. The topological polar surface area (TPSA) is 38.3 Å². The van der Waals surface area contributed by atoms with E-state index in [1.807, 2.05) is 0 Å². The van der Waals surface area contributed by atoms with Crippen LogP contribution in [0.1, 0.15) is 38.5 Å². The number of rotatable bonds is 2. The quantitative estimate of drug-likeness (QED) is 0.324. The summed E-state index contributed by atoms with van der Waals surface area (Å²) in [6, 6.07) is 0.583. The van der Waals surface area contributed by atoms with Gasteiger partial charge in [0.25, 0.3) is 0 Å². The Labute approximate surface area is 91.6 Å². The molecule has 15 heavy (non-hydrogen) atoms. The molecule has 84 valence electrons. The van der Waals surface area contributed by atoms with E-state index in [0.717, 1.165) is 0 Å². The summed E-state index contributed by atoms with van der Waals surface area (Å²) in [6.45, 7) is 0.583. The second-order valence-electron chi connectivity index (χ2n) is 3.86. The monoisotopic (exact) mass is 209 g/mol.